The second-order valence-electron chi connectivity index (χ2n) is 3.98. The van der Waals surface area contributed by atoms with Gasteiger partial charge in [0.05, 0.1) is 20.3 Å². The number of hydrogen-bond acceptors (Lipinski definition) is 6. The molecule has 0 aliphatic carbocycles. The fourth-order valence-corrected chi connectivity index (χ4v) is 1.36. The van der Waals surface area contributed by atoms with Gasteiger partial charge in [0.25, 0.3) is 0 Å². The smallest absolute Gasteiger partial charge is 0.376 e. The van der Waals surface area contributed by atoms with Crippen LogP contribution in [0.2, 0.25) is 0 Å². The third-order valence-electron chi connectivity index (χ3n) is 2.65. The topological polar surface area (TPSA) is 63.2 Å². The first kappa shape index (κ1) is 16.3. The van der Waals surface area contributed by atoms with Gasteiger partial charge in [-0.1, -0.05) is 0 Å². The van der Waals surface area contributed by atoms with Crippen molar-refractivity contribution in [2.45, 2.75) is 19.4 Å². The summed E-state index contributed by atoms with van der Waals surface area (Å²) in [7, 11) is 4.58. The molecule has 0 fully saturated rings. The molecule has 0 N–H and O–H groups in total. The Labute approximate surface area is 118 Å². The summed E-state index contributed by atoms with van der Waals surface area (Å²) in [6.45, 7) is 3.23. The van der Waals surface area contributed by atoms with Gasteiger partial charge in [-0.3, -0.25) is 4.89 Å². The zero-order valence-electron chi connectivity index (χ0n) is 12.0. The van der Waals surface area contributed by atoms with Gasteiger partial charge in [0.1, 0.15) is 23.7 Å². The van der Waals surface area contributed by atoms with Gasteiger partial charge in [-0.25, -0.2) is 4.79 Å². The molecule has 6 heteroatoms. The highest BCUT2D eigenvalue weighted by Gasteiger charge is 2.16. The number of ether oxygens (including phenoxy) is 3. The Balaban J connectivity index is 2.55. The Hall–Kier alpha value is -1.79. The normalized spacial score (nSPS) is 11.8. The molecule has 0 heterocycles. The molecule has 6 nitrogen and oxygen atoms in total. The molecule has 0 amide bonds. The van der Waals surface area contributed by atoms with Crippen LogP contribution in [0.4, 0.5) is 0 Å². The lowest BCUT2D eigenvalue weighted by atomic mass is 10.2. The van der Waals surface area contributed by atoms with E-state index in [0.29, 0.717) is 17.9 Å². The molecule has 1 aromatic rings. The van der Waals surface area contributed by atoms with E-state index in [1.807, 2.05) is 6.92 Å². The maximum Gasteiger partial charge on any atom is 0.376 e. The van der Waals surface area contributed by atoms with Crippen LogP contribution in [-0.2, 0) is 14.5 Å². The van der Waals surface area contributed by atoms with Gasteiger partial charge in [-0.15, -0.1) is 0 Å². The van der Waals surface area contributed by atoms with Crippen molar-refractivity contribution in [3.63, 3.8) is 0 Å². The molecule has 1 radical (unpaired) electrons. The highest BCUT2D eigenvalue weighted by atomic mass is 17.2. The van der Waals surface area contributed by atoms with Crippen LogP contribution in [0.5, 0.6) is 11.5 Å². The van der Waals surface area contributed by atoms with E-state index < -0.39 is 5.97 Å². The van der Waals surface area contributed by atoms with Crippen LogP contribution < -0.4 is 9.47 Å². The first-order chi connectivity index (χ1) is 9.62. The van der Waals surface area contributed by atoms with Crippen molar-refractivity contribution in [3.05, 3.63) is 30.4 Å². The molecule has 1 atom stereocenters. The number of carbonyl (C=O) groups is 1. The minimum atomic E-state index is -0.647. The monoisotopic (exact) mass is 283 g/mol. The second kappa shape index (κ2) is 8.39. The number of rotatable bonds is 8. The SMILES string of the molecule is COc1ccc(C(=O)OO[CH]CC(C)OC)c(OC)c1. The summed E-state index contributed by atoms with van der Waals surface area (Å²) in [5, 5.41) is 0. The maximum absolute atomic E-state index is 11.8. The summed E-state index contributed by atoms with van der Waals surface area (Å²) < 4.78 is 15.2. The van der Waals surface area contributed by atoms with E-state index in [4.69, 9.17) is 19.1 Å². The van der Waals surface area contributed by atoms with Gasteiger partial charge in [0.15, 0.2) is 0 Å². The Kier molecular flexibility index (Phi) is 6.83. The largest absolute Gasteiger partial charge is 0.497 e. The summed E-state index contributed by atoms with van der Waals surface area (Å²) in [6, 6.07) is 4.77. The molecule has 20 heavy (non-hydrogen) atoms. The standard InChI is InChI=1S/C14H19O6/c1-10(16-2)7-8-19-20-14(15)12-6-5-11(17-3)9-13(12)18-4/h5-6,8-10H,7H2,1-4H3. The Morgan fingerprint density at radius 2 is 2.00 bits per heavy atom. The lowest BCUT2D eigenvalue weighted by Gasteiger charge is -2.10. The van der Waals surface area contributed by atoms with Crippen LogP contribution >= 0.6 is 0 Å². The summed E-state index contributed by atoms with van der Waals surface area (Å²) in [5.74, 6) is 0.286. The molecule has 0 saturated carbocycles. The second-order valence-corrected chi connectivity index (χ2v) is 3.98. The Morgan fingerprint density at radius 3 is 2.60 bits per heavy atom. The number of carbonyl (C=O) groups excluding carboxylic acids is 1. The maximum atomic E-state index is 11.8. The molecule has 0 aliphatic heterocycles. The zero-order chi connectivity index (χ0) is 15.0. The van der Waals surface area contributed by atoms with Crippen LogP contribution in [0.15, 0.2) is 18.2 Å². The van der Waals surface area contributed by atoms with Crippen molar-refractivity contribution in [2.24, 2.45) is 0 Å². The van der Waals surface area contributed by atoms with E-state index in [-0.39, 0.29) is 11.7 Å². The van der Waals surface area contributed by atoms with Crippen molar-refractivity contribution >= 4 is 5.97 Å². The molecule has 0 saturated heterocycles. The van der Waals surface area contributed by atoms with E-state index >= 15 is 0 Å². The third-order valence-corrected chi connectivity index (χ3v) is 2.65. The van der Waals surface area contributed by atoms with Crippen LogP contribution in [0.3, 0.4) is 0 Å². The molecule has 1 unspecified atom stereocenters. The highest BCUT2D eigenvalue weighted by Crippen LogP contribution is 2.25. The van der Waals surface area contributed by atoms with E-state index in [9.17, 15) is 4.79 Å². The predicted molar refractivity (Wildman–Crippen MR) is 71.4 cm³/mol. The average molecular weight is 283 g/mol. The van der Waals surface area contributed by atoms with E-state index in [1.54, 1.807) is 25.3 Å². The van der Waals surface area contributed by atoms with Gasteiger partial charge in [-0.2, -0.15) is 4.89 Å². The van der Waals surface area contributed by atoms with Gasteiger partial charge in [0, 0.05) is 19.6 Å². The van der Waals surface area contributed by atoms with Crippen molar-refractivity contribution in [1.82, 2.24) is 0 Å². The molecule has 0 aromatic heterocycles. The summed E-state index contributed by atoms with van der Waals surface area (Å²) >= 11 is 0. The predicted octanol–water partition coefficient (Wildman–Crippen LogP) is 2.38. The van der Waals surface area contributed by atoms with Crippen LogP contribution in [-0.4, -0.2) is 33.4 Å². The van der Waals surface area contributed by atoms with Crippen molar-refractivity contribution in [3.8, 4) is 11.5 Å². The van der Waals surface area contributed by atoms with E-state index in [0.717, 1.165) is 0 Å². The first-order valence-corrected chi connectivity index (χ1v) is 6.06. The minimum Gasteiger partial charge on any atom is -0.497 e. The van der Waals surface area contributed by atoms with Gasteiger partial charge < -0.3 is 14.2 Å². The molecule has 0 bridgehead atoms. The molecule has 1 rings (SSSR count). The summed E-state index contributed by atoms with van der Waals surface area (Å²) in [6.07, 6.45) is 0.494. The van der Waals surface area contributed by atoms with Crippen LogP contribution in [0, 0.1) is 6.61 Å². The third kappa shape index (κ3) is 4.71. The molecule has 0 spiro atoms. The average Bonchev–Trinajstić information content (AvgIpc) is 2.50. The summed E-state index contributed by atoms with van der Waals surface area (Å²) in [4.78, 5) is 21.2. The zero-order valence-corrected chi connectivity index (χ0v) is 12.0. The lowest BCUT2D eigenvalue weighted by Crippen LogP contribution is -2.10. The van der Waals surface area contributed by atoms with Gasteiger partial charge >= 0.3 is 5.97 Å². The lowest BCUT2D eigenvalue weighted by molar-refractivity contribution is -0.215. The van der Waals surface area contributed by atoms with Crippen molar-refractivity contribution in [2.75, 3.05) is 21.3 Å². The Morgan fingerprint density at radius 1 is 1.25 bits per heavy atom. The van der Waals surface area contributed by atoms with Gasteiger partial charge in [0.2, 0.25) is 0 Å². The Bertz CT molecular complexity index is 432. The quantitative estimate of drug-likeness (QED) is 0.414. The van der Waals surface area contributed by atoms with Crippen LogP contribution in [0.1, 0.15) is 23.7 Å². The highest BCUT2D eigenvalue weighted by molar-refractivity contribution is 5.92. The van der Waals surface area contributed by atoms with Crippen molar-refractivity contribution < 1.29 is 28.8 Å². The molecule has 111 valence electrons. The minimum absolute atomic E-state index is 0.00998. The number of methoxy groups -OCH3 is 3. The molecular formula is C14H19O6. The molecular weight excluding hydrogens is 264 g/mol. The van der Waals surface area contributed by atoms with Crippen molar-refractivity contribution in [1.29, 1.82) is 0 Å². The molecule has 1 aromatic carbocycles. The summed E-state index contributed by atoms with van der Waals surface area (Å²) in [5.41, 5.74) is 0.251. The molecule has 0 aliphatic rings. The van der Waals surface area contributed by atoms with E-state index in [2.05, 4.69) is 4.89 Å². The number of hydrogen-bond donors (Lipinski definition) is 0. The van der Waals surface area contributed by atoms with Crippen LogP contribution in [0.25, 0.3) is 0 Å². The van der Waals surface area contributed by atoms with E-state index in [1.165, 1.54) is 20.8 Å². The number of benzene rings is 1. The fourth-order valence-electron chi connectivity index (χ4n) is 1.36. The first-order valence-electron chi connectivity index (χ1n) is 6.06. The van der Waals surface area contributed by atoms with Gasteiger partial charge in [-0.05, 0) is 19.1 Å². The fraction of sp³-hybridized carbons (Fsp3) is 0.429.